The van der Waals surface area contributed by atoms with Crippen molar-refractivity contribution in [1.82, 2.24) is 19.9 Å². The van der Waals surface area contributed by atoms with Crippen LogP contribution in [0.25, 0.3) is 0 Å². The Hall–Kier alpha value is -2.24. The molecule has 2 aromatic rings. The number of hydrogen-bond acceptors (Lipinski definition) is 6. The lowest BCUT2D eigenvalue weighted by molar-refractivity contribution is 0.638. The number of aromatic nitrogens is 4. The third kappa shape index (κ3) is 2.47. The number of piperazine rings is 1. The molecule has 0 atom stereocenters. The van der Waals surface area contributed by atoms with E-state index in [1.807, 2.05) is 13.0 Å². The lowest BCUT2D eigenvalue weighted by atomic mass is 10.3. The number of nitrogens with zero attached hydrogens (tertiary/aromatic N) is 6. The third-order valence-corrected chi connectivity index (χ3v) is 3.32. The maximum absolute atomic E-state index is 4.42. The van der Waals surface area contributed by atoms with Gasteiger partial charge in [0.1, 0.15) is 18.0 Å². The molecule has 0 aliphatic carbocycles. The van der Waals surface area contributed by atoms with Crippen molar-refractivity contribution in [3.8, 4) is 0 Å². The van der Waals surface area contributed by atoms with Gasteiger partial charge in [0.25, 0.3) is 0 Å². The Bertz CT molecular complexity index is 536. The van der Waals surface area contributed by atoms with Crippen LogP contribution in [-0.4, -0.2) is 46.1 Å². The standard InChI is InChI=1S/C13H16N6/c1-11-13(16-5-4-15-11)19-8-6-18(7-9-19)12-2-3-14-10-17-12/h2-5,10H,6-9H2,1H3. The zero-order valence-electron chi connectivity index (χ0n) is 10.9. The van der Waals surface area contributed by atoms with Gasteiger partial charge in [0, 0.05) is 44.8 Å². The minimum Gasteiger partial charge on any atom is -0.353 e. The van der Waals surface area contributed by atoms with Crippen LogP contribution in [0.4, 0.5) is 11.6 Å². The Labute approximate surface area is 112 Å². The summed E-state index contributed by atoms with van der Waals surface area (Å²) in [5.74, 6) is 1.98. The molecule has 1 fully saturated rings. The Morgan fingerprint density at radius 2 is 1.63 bits per heavy atom. The molecule has 1 aliphatic heterocycles. The molecule has 0 amide bonds. The van der Waals surface area contributed by atoms with Gasteiger partial charge < -0.3 is 9.80 Å². The monoisotopic (exact) mass is 256 g/mol. The SMILES string of the molecule is Cc1nccnc1N1CCN(c2ccncn2)CC1. The van der Waals surface area contributed by atoms with E-state index in [0.717, 1.165) is 43.5 Å². The molecule has 98 valence electrons. The fourth-order valence-corrected chi connectivity index (χ4v) is 2.33. The number of rotatable bonds is 2. The van der Waals surface area contributed by atoms with Crippen LogP contribution < -0.4 is 9.80 Å². The maximum Gasteiger partial charge on any atom is 0.150 e. The van der Waals surface area contributed by atoms with Crippen LogP contribution in [0.2, 0.25) is 0 Å². The van der Waals surface area contributed by atoms with Crippen molar-refractivity contribution < 1.29 is 0 Å². The van der Waals surface area contributed by atoms with E-state index < -0.39 is 0 Å². The second kappa shape index (κ2) is 5.17. The van der Waals surface area contributed by atoms with Gasteiger partial charge in [-0.25, -0.2) is 15.0 Å². The molecule has 0 radical (unpaired) electrons. The molecule has 6 nitrogen and oxygen atoms in total. The number of hydrogen-bond donors (Lipinski definition) is 0. The lowest BCUT2D eigenvalue weighted by Gasteiger charge is -2.36. The Morgan fingerprint density at radius 3 is 2.32 bits per heavy atom. The zero-order chi connectivity index (χ0) is 13.1. The van der Waals surface area contributed by atoms with E-state index in [9.17, 15) is 0 Å². The van der Waals surface area contributed by atoms with Gasteiger partial charge in [-0.2, -0.15) is 0 Å². The third-order valence-electron chi connectivity index (χ3n) is 3.32. The van der Waals surface area contributed by atoms with E-state index in [1.165, 1.54) is 0 Å². The highest BCUT2D eigenvalue weighted by Gasteiger charge is 2.20. The molecule has 19 heavy (non-hydrogen) atoms. The van der Waals surface area contributed by atoms with Crippen LogP contribution in [-0.2, 0) is 0 Å². The molecule has 0 unspecified atom stereocenters. The van der Waals surface area contributed by atoms with Crippen molar-refractivity contribution in [1.29, 1.82) is 0 Å². The first-order valence-corrected chi connectivity index (χ1v) is 6.38. The first-order valence-electron chi connectivity index (χ1n) is 6.38. The average Bonchev–Trinajstić information content (AvgIpc) is 2.49. The summed E-state index contributed by atoms with van der Waals surface area (Å²) in [5.41, 5.74) is 0.984. The highest BCUT2D eigenvalue weighted by molar-refractivity contribution is 5.46. The molecular formula is C13H16N6. The summed E-state index contributed by atoms with van der Waals surface area (Å²) in [6.45, 7) is 5.74. The quantitative estimate of drug-likeness (QED) is 0.795. The van der Waals surface area contributed by atoms with Crippen molar-refractivity contribution in [2.24, 2.45) is 0 Å². The van der Waals surface area contributed by atoms with Gasteiger partial charge in [-0.15, -0.1) is 0 Å². The van der Waals surface area contributed by atoms with Crippen LogP contribution in [0.5, 0.6) is 0 Å². The number of aryl methyl sites for hydroxylation is 1. The van der Waals surface area contributed by atoms with Gasteiger partial charge in [0.05, 0.1) is 5.69 Å². The van der Waals surface area contributed by atoms with Gasteiger partial charge in [0.2, 0.25) is 0 Å². The molecule has 3 rings (SSSR count). The van der Waals surface area contributed by atoms with Crippen molar-refractivity contribution in [2.45, 2.75) is 6.92 Å². The minimum absolute atomic E-state index is 0.934. The van der Waals surface area contributed by atoms with Gasteiger partial charge in [-0.3, -0.25) is 4.98 Å². The van der Waals surface area contributed by atoms with Crippen LogP contribution in [0.3, 0.4) is 0 Å². The predicted octanol–water partition coefficient (Wildman–Crippen LogP) is 0.902. The summed E-state index contributed by atoms with van der Waals surface area (Å²) in [7, 11) is 0. The Balaban J connectivity index is 1.69. The molecule has 1 saturated heterocycles. The number of anilines is 2. The predicted molar refractivity (Wildman–Crippen MR) is 73.2 cm³/mol. The Kier molecular flexibility index (Phi) is 3.22. The maximum atomic E-state index is 4.42. The van der Waals surface area contributed by atoms with E-state index in [-0.39, 0.29) is 0 Å². The van der Waals surface area contributed by atoms with Gasteiger partial charge >= 0.3 is 0 Å². The first kappa shape index (κ1) is 11.8. The van der Waals surface area contributed by atoms with E-state index in [1.54, 1.807) is 24.9 Å². The minimum atomic E-state index is 0.934. The topological polar surface area (TPSA) is 58.0 Å². The molecule has 2 aromatic heterocycles. The fourth-order valence-electron chi connectivity index (χ4n) is 2.33. The van der Waals surface area contributed by atoms with Gasteiger partial charge in [0.15, 0.2) is 0 Å². The summed E-state index contributed by atoms with van der Waals surface area (Å²) in [5, 5.41) is 0. The fraction of sp³-hybridized carbons (Fsp3) is 0.385. The second-order valence-corrected chi connectivity index (χ2v) is 4.51. The summed E-state index contributed by atoms with van der Waals surface area (Å²) in [6, 6.07) is 1.95. The summed E-state index contributed by atoms with van der Waals surface area (Å²) < 4.78 is 0. The molecule has 6 heteroatoms. The van der Waals surface area contributed by atoms with E-state index in [4.69, 9.17) is 0 Å². The summed E-state index contributed by atoms with van der Waals surface area (Å²) >= 11 is 0. The lowest BCUT2D eigenvalue weighted by Crippen LogP contribution is -2.47. The molecule has 0 spiro atoms. The first-order chi connectivity index (χ1) is 9.34. The van der Waals surface area contributed by atoms with Crippen molar-refractivity contribution >= 4 is 11.6 Å². The summed E-state index contributed by atoms with van der Waals surface area (Å²) in [6.07, 6.45) is 6.85. The molecule has 0 aromatic carbocycles. The van der Waals surface area contributed by atoms with Crippen LogP contribution in [0, 0.1) is 6.92 Å². The molecule has 3 heterocycles. The summed E-state index contributed by atoms with van der Waals surface area (Å²) in [4.78, 5) is 21.5. The average molecular weight is 256 g/mol. The van der Waals surface area contributed by atoms with E-state index in [2.05, 4.69) is 29.7 Å². The normalized spacial score (nSPS) is 15.6. The largest absolute Gasteiger partial charge is 0.353 e. The molecule has 0 bridgehead atoms. The highest BCUT2D eigenvalue weighted by Crippen LogP contribution is 2.18. The van der Waals surface area contributed by atoms with Gasteiger partial charge in [-0.05, 0) is 13.0 Å². The van der Waals surface area contributed by atoms with Gasteiger partial charge in [-0.1, -0.05) is 0 Å². The molecule has 0 N–H and O–H groups in total. The van der Waals surface area contributed by atoms with Crippen LogP contribution in [0.15, 0.2) is 31.0 Å². The van der Waals surface area contributed by atoms with Crippen LogP contribution >= 0.6 is 0 Å². The van der Waals surface area contributed by atoms with Crippen molar-refractivity contribution in [3.63, 3.8) is 0 Å². The van der Waals surface area contributed by atoms with Crippen molar-refractivity contribution in [2.75, 3.05) is 36.0 Å². The molecular weight excluding hydrogens is 240 g/mol. The molecule has 0 saturated carbocycles. The zero-order valence-corrected chi connectivity index (χ0v) is 10.9. The second-order valence-electron chi connectivity index (χ2n) is 4.51. The Morgan fingerprint density at radius 1 is 0.895 bits per heavy atom. The van der Waals surface area contributed by atoms with E-state index >= 15 is 0 Å². The van der Waals surface area contributed by atoms with Crippen molar-refractivity contribution in [3.05, 3.63) is 36.7 Å². The molecule has 1 aliphatic rings. The smallest absolute Gasteiger partial charge is 0.150 e. The van der Waals surface area contributed by atoms with Crippen LogP contribution in [0.1, 0.15) is 5.69 Å². The van der Waals surface area contributed by atoms with E-state index in [0.29, 0.717) is 0 Å². The highest BCUT2D eigenvalue weighted by atomic mass is 15.3.